The third-order valence-electron chi connectivity index (χ3n) is 3.96. The van der Waals surface area contributed by atoms with Crippen molar-refractivity contribution in [3.05, 3.63) is 41.2 Å². The van der Waals surface area contributed by atoms with Gasteiger partial charge in [0.1, 0.15) is 11.8 Å². The van der Waals surface area contributed by atoms with Gasteiger partial charge in [-0.3, -0.25) is 14.5 Å². The van der Waals surface area contributed by atoms with Gasteiger partial charge in [0, 0.05) is 32.9 Å². The zero-order valence-electron chi connectivity index (χ0n) is 16.0. The molecule has 0 aliphatic heterocycles. The van der Waals surface area contributed by atoms with Crippen LogP contribution in [0.5, 0.6) is 0 Å². The monoisotopic (exact) mass is 446 g/mol. The second kappa shape index (κ2) is 10.6. The number of aromatic nitrogens is 2. The Morgan fingerprint density at radius 1 is 1.34 bits per heavy atom. The Balaban J connectivity index is 0.00000450. The van der Waals surface area contributed by atoms with Crippen molar-refractivity contribution in [1.82, 2.24) is 15.3 Å². The van der Waals surface area contributed by atoms with E-state index in [0.717, 1.165) is 23.2 Å². The number of sulfonamides is 1. The van der Waals surface area contributed by atoms with Crippen LogP contribution in [0.2, 0.25) is 0 Å². The number of pyridine rings is 1. The number of thiazole rings is 1. The summed E-state index contributed by atoms with van der Waals surface area (Å²) in [6.07, 6.45) is 2.24. The molecular weight excluding hydrogens is 420 g/mol. The van der Waals surface area contributed by atoms with Gasteiger partial charge < -0.3 is 20.3 Å². The van der Waals surface area contributed by atoms with Crippen LogP contribution in [-0.4, -0.2) is 72.7 Å². The lowest BCUT2D eigenvalue weighted by Crippen LogP contribution is -2.50. The van der Waals surface area contributed by atoms with Crippen molar-refractivity contribution in [2.45, 2.75) is 31.1 Å². The van der Waals surface area contributed by atoms with E-state index in [1.807, 2.05) is 0 Å². The maximum Gasteiger partial charge on any atom is 0.271 e. The summed E-state index contributed by atoms with van der Waals surface area (Å²) in [6, 6.07) is 2.67. The summed E-state index contributed by atoms with van der Waals surface area (Å²) in [4.78, 5) is 20.5. The second-order valence-electron chi connectivity index (χ2n) is 6.39. The molecule has 0 aromatic carbocycles. The van der Waals surface area contributed by atoms with E-state index < -0.39 is 34.2 Å². The van der Waals surface area contributed by atoms with Crippen molar-refractivity contribution in [2.24, 2.45) is 0 Å². The molecule has 12 heteroatoms. The predicted octanol–water partition coefficient (Wildman–Crippen LogP) is 0.255. The fraction of sp³-hybridized carbons (Fsp3) is 0.471. The minimum absolute atomic E-state index is 0. The quantitative estimate of drug-likeness (QED) is 0.384. The van der Waals surface area contributed by atoms with E-state index in [2.05, 4.69) is 20.0 Å². The first-order valence-corrected chi connectivity index (χ1v) is 11.4. The van der Waals surface area contributed by atoms with Crippen molar-refractivity contribution in [1.29, 1.82) is 0 Å². The summed E-state index contributed by atoms with van der Waals surface area (Å²) in [5.41, 5.74) is 0.806. The molecule has 0 saturated carbocycles. The van der Waals surface area contributed by atoms with Crippen LogP contribution in [0.25, 0.3) is 0 Å². The molecule has 0 aliphatic carbocycles. The minimum atomic E-state index is -3.51. The standard InChI is InChI=1S/C17H24N4O6S2.H2/c1-27-8-5-14(22)15(23)12(9-11-3-6-18-7-4-11)19-16(24)13-10-28-17(20-13)21-29(2,25)26;/h3-4,6-7,10,12,14-15,22-23H,5,8-9H2,1-2H3,(H,19,24)(H,20,21);1H. The van der Waals surface area contributed by atoms with Crippen LogP contribution in [0.15, 0.2) is 29.9 Å². The van der Waals surface area contributed by atoms with Crippen molar-refractivity contribution in [3.63, 3.8) is 0 Å². The highest BCUT2D eigenvalue weighted by Gasteiger charge is 2.29. The lowest BCUT2D eigenvalue weighted by atomic mass is 9.96. The summed E-state index contributed by atoms with van der Waals surface area (Å²) in [5.74, 6) is -0.597. The molecule has 0 aliphatic rings. The molecule has 3 unspecified atom stereocenters. The summed E-state index contributed by atoms with van der Waals surface area (Å²) < 4.78 is 29.7. The van der Waals surface area contributed by atoms with E-state index in [0.29, 0.717) is 0 Å². The number of methoxy groups -OCH3 is 1. The zero-order valence-corrected chi connectivity index (χ0v) is 17.6. The van der Waals surface area contributed by atoms with Crippen molar-refractivity contribution in [3.8, 4) is 0 Å². The minimum Gasteiger partial charge on any atom is -0.390 e. The smallest absolute Gasteiger partial charge is 0.271 e. The molecule has 4 N–H and O–H groups in total. The number of anilines is 1. The first-order chi connectivity index (χ1) is 13.7. The molecule has 0 radical (unpaired) electrons. The fourth-order valence-corrected chi connectivity index (χ4v) is 4.08. The maximum absolute atomic E-state index is 12.6. The first-order valence-electron chi connectivity index (χ1n) is 8.67. The van der Waals surface area contributed by atoms with Crippen LogP contribution < -0.4 is 10.0 Å². The van der Waals surface area contributed by atoms with E-state index in [9.17, 15) is 23.4 Å². The average molecular weight is 447 g/mol. The highest BCUT2D eigenvalue weighted by molar-refractivity contribution is 7.92. The van der Waals surface area contributed by atoms with E-state index in [-0.39, 0.29) is 31.7 Å². The molecule has 29 heavy (non-hydrogen) atoms. The highest BCUT2D eigenvalue weighted by Crippen LogP contribution is 2.17. The van der Waals surface area contributed by atoms with E-state index in [1.54, 1.807) is 24.5 Å². The van der Waals surface area contributed by atoms with Crippen LogP contribution in [-0.2, 0) is 21.2 Å². The van der Waals surface area contributed by atoms with Gasteiger partial charge in [0.05, 0.1) is 18.4 Å². The normalized spacial score (nSPS) is 14.8. The number of nitrogens with one attached hydrogen (secondary N) is 2. The Morgan fingerprint density at radius 3 is 2.66 bits per heavy atom. The molecule has 2 heterocycles. The Hall–Kier alpha value is -2.12. The van der Waals surface area contributed by atoms with Crippen LogP contribution >= 0.6 is 11.3 Å². The van der Waals surface area contributed by atoms with Crippen LogP contribution in [0.3, 0.4) is 0 Å². The van der Waals surface area contributed by atoms with E-state index in [4.69, 9.17) is 4.74 Å². The summed E-state index contributed by atoms with van der Waals surface area (Å²) in [5, 5.41) is 24.9. The van der Waals surface area contributed by atoms with Crippen LogP contribution in [0, 0.1) is 0 Å². The molecule has 2 aromatic heterocycles. The number of carbonyl (C=O) groups excluding carboxylic acids is 1. The summed E-state index contributed by atoms with van der Waals surface area (Å²) in [6.45, 7) is 0.251. The van der Waals surface area contributed by atoms with Crippen LogP contribution in [0.4, 0.5) is 5.13 Å². The predicted molar refractivity (Wildman–Crippen MR) is 110 cm³/mol. The number of ether oxygens (including phenoxy) is 1. The van der Waals surface area contributed by atoms with Gasteiger partial charge in [-0.1, -0.05) is 0 Å². The van der Waals surface area contributed by atoms with Crippen molar-refractivity contribution < 1.29 is 29.6 Å². The third-order valence-corrected chi connectivity index (χ3v) is 5.41. The van der Waals surface area contributed by atoms with E-state index >= 15 is 0 Å². The molecule has 10 nitrogen and oxygen atoms in total. The largest absolute Gasteiger partial charge is 0.390 e. The molecule has 0 spiro atoms. The SMILES string of the molecule is COCCC(O)C(O)C(Cc1ccncc1)NC(=O)c1csc(NS(C)(=O)=O)n1.[HH]. The molecule has 3 atom stereocenters. The molecule has 0 fully saturated rings. The number of hydrogen-bond donors (Lipinski definition) is 4. The zero-order chi connectivity index (χ0) is 21.4. The molecular formula is C17H26N4O6S2. The summed E-state index contributed by atoms with van der Waals surface area (Å²) in [7, 11) is -2.03. The lowest BCUT2D eigenvalue weighted by molar-refractivity contribution is -0.0177. The van der Waals surface area contributed by atoms with Gasteiger partial charge in [-0.15, -0.1) is 11.3 Å². The third kappa shape index (κ3) is 7.66. The number of hydrogen-bond acceptors (Lipinski definition) is 9. The molecule has 2 rings (SSSR count). The molecule has 162 valence electrons. The van der Waals surface area contributed by atoms with Gasteiger partial charge in [-0.2, -0.15) is 0 Å². The number of amides is 1. The Morgan fingerprint density at radius 2 is 2.03 bits per heavy atom. The van der Waals surface area contributed by atoms with E-state index in [1.165, 1.54) is 12.5 Å². The number of nitrogens with zero attached hydrogens (tertiary/aromatic N) is 2. The van der Waals surface area contributed by atoms with Gasteiger partial charge in [0.15, 0.2) is 5.13 Å². The Kier molecular flexibility index (Phi) is 8.46. The average Bonchev–Trinajstić information content (AvgIpc) is 3.12. The van der Waals surface area contributed by atoms with Gasteiger partial charge in [0.25, 0.3) is 5.91 Å². The van der Waals surface area contributed by atoms with Gasteiger partial charge in [-0.25, -0.2) is 13.4 Å². The first kappa shape index (κ1) is 23.2. The topological polar surface area (TPSA) is 151 Å². The molecule has 0 saturated heterocycles. The van der Waals surface area contributed by atoms with Gasteiger partial charge in [-0.05, 0) is 30.5 Å². The maximum atomic E-state index is 12.6. The highest BCUT2D eigenvalue weighted by atomic mass is 32.2. The number of aliphatic hydroxyl groups excluding tert-OH is 2. The summed E-state index contributed by atoms with van der Waals surface area (Å²) >= 11 is 0.963. The molecule has 2 aromatic rings. The fourth-order valence-electron chi connectivity index (χ4n) is 2.53. The Labute approximate surface area is 174 Å². The van der Waals surface area contributed by atoms with Gasteiger partial charge >= 0.3 is 0 Å². The number of rotatable bonds is 11. The van der Waals surface area contributed by atoms with Crippen LogP contribution in [0.1, 0.15) is 23.9 Å². The number of aliphatic hydroxyl groups is 2. The Bertz CT molecular complexity index is 897. The lowest BCUT2D eigenvalue weighted by Gasteiger charge is -2.27. The van der Waals surface area contributed by atoms with Gasteiger partial charge in [0.2, 0.25) is 10.0 Å². The van der Waals surface area contributed by atoms with Crippen molar-refractivity contribution >= 4 is 32.4 Å². The number of carbonyl (C=O) groups is 1. The second-order valence-corrected chi connectivity index (χ2v) is 9.00. The molecule has 0 bridgehead atoms. The molecule has 1 amide bonds. The van der Waals surface area contributed by atoms with Crippen molar-refractivity contribution in [2.75, 3.05) is 24.7 Å².